The van der Waals surface area contributed by atoms with Gasteiger partial charge in [0, 0.05) is 11.1 Å². The lowest BCUT2D eigenvalue weighted by Gasteiger charge is -2.27. The van der Waals surface area contributed by atoms with Gasteiger partial charge in [0.25, 0.3) is 0 Å². The molecule has 0 unspecified atom stereocenters. The van der Waals surface area contributed by atoms with E-state index in [1.807, 2.05) is 19.1 Å². The Bertz CT molecular complexity index is 1380. The zero-order valence-corrected chi connectivity index (χ0v) is 18.7. The minimum Gasteiger partial charge on any atom is -0.349 e. The van der Waals surface area contributed by atoms with Crippen molar-refractivity contribution in [2.24, 2.45) is 11.8 Å². The van der Waals surface area contributed by atoms with E-state index in [0.717, 1.165) is 10.5 Å². The van der Waals surface area contributed by atoms with E-state index < -0.39 is 52.7 Å². The maximum Gasteiger partial charge on any atom is 0.237 e. The first kappa shape index (κ1) is 21.6. The van der Waals surface area contributed by atoms with Crippen molar-refractivity contribution in [2.75, 3.05) is 0 Å². The molecule has 174 valence electrons. The van der Waals surface area contributed by atoms with E-state index in [2.05, 4.69) is 0 Å². The van der Waals surface area contributed by atoms with Gasteiger partial charge in [-0.25, -0.2) is 4.39 Å². The molecule has 0 N–H and O–H groups in total. The lowest BCUT2D eigenvalue weighted by Crippen LogP contribution is -2.50. The van der Waals surface area contributed by atoms with Gasteiger partial charge >= 0.3 is 0 Å². The summed E-state index contributed by atoms with van der Waals surface area (Å²) in [4.78, 5) is 55.9. The number of rotatable bonds is 3. The smallest absolute Gasteiger partial charge is 0.237 e. The van der Waals surface area contributed by atoms with E-state index in [-0.39, 0.29) is 17.7 Å². The van der Waals surface area contributed by atoms with Crippen LogP contribution in [0.5, 0.6) is 0 Å². The second-order valence-electron chi connectivity index (χ2n) is 9.28. The number of Topliss-reactive ketones (excluding diaryl/α,β-unsaturated/α-hetero) is 2. The number of carbonyl (C=O) groups is 4. The van der Waals surface area contributed by atoms with Gasteiger partial charge < -0.3 is 4.74 Å². The van der Waals surface area contributed by atoms with Crippen LogP contribution in [0.3, 0.4) is 0 Å². The summed E-state index contributed by atoms with van der Waals surface area (Å²) in [6.45, 7) is 1.83. The minimum atomic E-state index is -2.09. The number of halogens is 1. The molecule has 6 rings (SSSR count). The average Bonchev–Trinajstić information content (AvgIpc) is 3.42. The monoisotopic (exact) mass is 469 g/mol. The van der Waals surface area contributed by atoms with Crippen LogP contribution in [0.15, 0.2) is 72.8 Å². The summed E-state index contributed by atoms with van der Waals surface area (Å²) >= 11 is 0. The second-order valence-corrected chi connectivity index (χ2v) is 9.28. The van der Waals surface area contributed by atoms with Gasteiger partial charge in [0.05, 0.1) is 24.5 Å². The third-order valence-corrected chi connectivity index (χ3v) is 7.27. The van der Waals surface area contributed by atoms with Crippen molar-refractivity contribution >= 4 is 23.4 Å². The second kappa shape index (κ2) is 7.52. The van der Waals surface area contributed by atoms with E-state index in [1.54, 1.807) is 36.4 Å². The zero-order chi connectivity index (χ0) is 24.5. The van der Waals surface area contributed by atoms with Crippen molar-refractivity contribution in [1.29, 1.82) is 0 Å². The van der Waals surface area contributed by atoms with Gasteiger partial charge in [-0.3, -0.25) is 24.1 Å². The van der Waals surface area contributed by atoms with Crippen LogP contribution in [-0.2, 0) is 20.9 Å². The molecule has 0 aromatic heterocycles. The average molecular weight is 469 g/mol. The summed E-state index contributed by atoms with van der Waals surface area (Å²) in [6.07, 6.45) is -0.947. The van der Waals surface area contributed by atoms with Crippen LogP contribution >= 0.6 is 0 Å². The number of ketones is 2. The van der Waals surface area contributed by atoms with Crippen molar-refractivity contribution in [3.8, 4) is 0 Å². The fraction of sp³-hybridized carbons (Fsp3) is 0.214. The van der Waals surface area contributed by atoms with Crippen molar-refractivity contribution < 1.29 is 28.3 Å². The van der Waals surface area contributed by atoms with Crippen molar-refractivity contribution in [3.63, 3.8) is 0 Å². The predicted octanol–water partition coefficient (Wildman–Crippen LogP) is 3.82. The molecule has 1 spiro atoms. The summed E-state index contributed by atoms with van der Waals surface area (Å²) in [7, 11) is 0. The summed E-state index contributed by atoms with van der Waals surface area (Å²) in [5.41, 5.74) is 0.459. The minimum absolute atomic E-state index is 0.0863. The number of aryl methyl sites for hydroxylation is 1. The summed E-state index contributed by atoms with van der Waals surface area (Å²) < 4.78 is 19.6. The first-order valence-electron chi connectivity index (χ1n) is 11.4. The zero-order valence-electron chi connectivity index (χ0n) is 18.7. The fourth-order valence-corrected chi connectivity index (χ4v) is 5.56. The number of amides is 2. The quantitative estimate of drug-likeness (QED) is 0.430. The van der Waals surface area contributed by atoms with E-state index >= 15 is 0 Å². The van der Waals surface area contributed by atoms with E-state index in [0.29, 0.717) is 11.1 Å². The van der Waals surface area contributed by atoms with Gasteiger partial charge in [0.2, 0.25) is 29.0 Å². The molecule has 2 amide bonds. The van der Waals surface area contributed by atoms with Crippen LogP contribution in [0.4, 0.5) is 4.39 Å². The molecule has 6 nitrogen and oxygen atoms in total. The third kappa shape index (κ3) is 2.91. The van der Waals surface area contributed by atoms with Gasteiger partial charge in [0.15, 0.2) is 0 Å². The number of imide groups is 1. The summed E-state index contributed by atoms with van der Waals surface area (Å²) in [6, 6.07) is 19.1. The van der Waals surface area contributed by atoms with Crippen molar-refractivity contribution in [3.05, 3.63) is 106 Å². The molecule has 2 saturated heterocycles. The first-order chi connectivity index (χ1) is 16.8. The molecule has 35 heavy (non-hydrogen) atoms. The highest BCUT2D eigenvalue weighted by atomic mass is 19.1. The lowest BCUT2D eigenvalue weighted by molar-refractivity contribution is -0.145. The van der Waals surface area contributed by atoms with Crippen LogP contribution in [0, 0.1) is 24.6 Å². The standard InChI is InChI=1S/C28H20FNO5/c1-15-6-10-17(11-7-15)23-21-22(27(34)30(26(21)33)14-16-8-12-18(29)13-9-16)28(35-23)24(31)19-4-2-3-5-20(19)25(28)32/h2-13,21-23H,14H2,1H3/t21-,22+,23+/m0/s1. The van der Waals surface area contributed by atoms with Crippen LogP contribution in [0.2, 0.25) is 0 Å². The van der Waals surface area contributed by atoms with Crippen molar-refractivity contribution in [2.45, 2.75) is 25.2 Å². The number of likely N-dealkylation sites (tertiary alicyclic amines) is 1. The molecule has 3 atom stereocenters. The Morgan fingerprint density at radius 2 is 1.43 bits per heavy atom. The number of benzene rings is 3. The Morgan fingerprint density at radius 1 is 0.829 bits per heavy atom. The molecular weight excluding hydrogens is 449 g/mol. The number of fused-ring (bicyclic) bond motifs is 3. The molecule has 3 aromatic rings. The normalized spacial score (nSPS) is 24.4. The van der Waals surface area contributed by atoms with Gasteiger partial charge in [-0.05, 0) is 30.2 Å². The lowest BCUT2D eigenvalue weighted by atomic mass is 9.77. The van der Waals surface area contributed by atoms with Gasteiger partial charge in [-0.2, -0.15) is 0 Å². The van der Waals surface area contributed by atoms with Crippen molar-refractivity contribution in [1.82, 2.24) is 4.90 Å². The number of hydrogen-bond donors (Lipinski definition) is 0. The summed E-state index contributed by atoms with van der Waals surface area (Å²) in [5, 5.41) is 0. The fourth-order valence-electron chi connectivity index (χ4n) is 5.56. The van der Waals surface area contributed by atoms with Gasteiger partial charge in [-0.15, -0.1) is 0 Å². The van der Waals surface area contributed by atoms with E-state index in [1.165, 1.54) is 24.3 Å². The number of nitrogens with zero attached hydrogens (tertiary/aromatic N) is 1. The molecule has 3 aliphatic rings. The Labute approximate surface area is 200 Å². The highest BCUT2D eigenvalue weighted by molar-refractivity contribution is 6.35. The molecule has 2 fully saturated rings. The maximum atomic E-state index is 13.7. The largest absolute Gasteiger partial charge is 0.349 e. The van der Waals surface area contributed by atoms with Crippen LogP contribution in [0.1, 0.15) is 43.5 Å². The topological polar surface area (TPSA) is 80.8 Å². The van der Waals surface area contributed by atoms with Crippen LogP contribution in [0.25, 0.3) is 0 Å². The molecule has 7 heteroatoms. The Balaban J connectivity index is 1.48. The molecule has 3 aromatic carbocycles. The van der Waals surface area contributed by atoms with E-state index in [9.17, 15) is 23.6 Å². The molecule has 2 aliphatic heterocycles. The number of carbonyl (C=O) groups excluding carboxylic acids is 4. The van der Waals surface area contributed by atoms with Gasteiger partial charge in [0.1, 0.15) is 5.82 Å². The summed E-state index contributed by atoms with van der Waals surface area (Å²) in [5.74, 6) is -5.07. The number of hydrogen-bond acceptors (Lipinski definition) is 5. The molecular formula is C28H20FNO5. The Hall–Kier alpha value is -3.97. The first-order valence-corrected chi connectivity index (χ1v) is 11.4. The molecule has 0 bridgehead atoms. The van der Waals surface area contributed by atoms with Crippen LogP contribution < -0.4 is 0 Å². The third-order valence-electron chi connectivity index (χ3n) is 7.27. The Morgan fingerprint density at radius 3 is 2.03 bits per heavy atom. The SMILES string of the molecule is Cc1ccc([C@H]2OC3(C(=O)c4ccccc4C3=O)[C@H]3C(=O)N(Cc4ccc(F)cc4)C(=O)[C@H]23)cc1. The highest BCUT2D eigenvalue weighted by Gasteiger charge is 2.74. The van der Waals surface area contributed by atoms with E-state index in [4.69, 9.17) is 4.74 Å². The maximum absolute atomic E-state index is 13.7. The molecule has 2 heterocycles. The van der Waals surface area contributed by atoms with Gasteiger partial charge in [-0.1, -0.05) is 66.2 Å². The number of ether oxygens (including phenoxy) is 1. The van der Waals surface area contributed by atoms with Crippen LogP contribution in [-0.4, -0.2) is 33.9 Å². The Kier molecular flexibility index (Phi) is 4.63. The highest BCUT2D eigenvalue weighted by Crippen LogP contribution is 2.57. The predicted molar refractivity (Wildman–Crippen MR) is 122 cm³/mol. The molecule has 1 aliphatic carbocycles. The molecule has 0 radical (unpaired) electrons. The molecule has 0 saturated carbocycles.